The molecule has 0 spiro atoms. The van der Waals surface area contributed by atoms with Crippen molar-refractivity contribution >= 4 is 43.1 Å². The first-order valence-electron chi connectivity index (χ1n) is 25.1. The van der Waals surface area contributed by atoms with E-state index in [0.29, 0.717) is 10.8 Å². The molecule has 0 aliphatic heterocycles. The maximum Gasteiger partial charge on any atom is 0.0636 e. The summed E-state index contributed by atoms with van der Waals surface area (Å²) in [6.07, 6.45) is 0. The van der Waals surface area contributed by atoms with E-state index in [1.165, 1.54) is 0 Å². The van der Waals surface area contributed by atoms with Crippen LogP contribution in [0.3, 0.4) is 0 Å². The van der Waals surface area contributed by atoms with Gasteiger partial charge in [-0.15, -0.1) is 0 Å². The van der Waals surface area contributed by atoms with Crippen molar-refractivity contribution in [2.45, 2.75) is 0 Å². The first-order valence-corrected chi connectivity index (χ1v) is 14.1. The number of hydrogen-bond donors (Lipinski definition) is 0. The summed E-state index contributed by atoms with van der Waals surface area (Å²) in [5, 5.41) is -2.15. The van der Waals surface area contributed by atoms with Gasteiger partial charge in [-0.25, -0.2) is 0 Å². The van der Waals surface area contributed by atoms with Crippen LogP contribution in [0.15, 0.2) is 181 Å². The predicted octanol–water partition coefficient (Wildman–Crippen LogP) is 13.0. The summed E-state index contributed by atoms with van der Waals surface area (Å²) in [6, 6.07) is -4.59. The van der Waals surface area contributed by atoms with E-state index in [4.69, 9.17) is 19.2 Å². The molecule has 214 valence electrons. The van der Waals surface area contributed by atoms with Gasteiger partial charge in [-0.2, -0.15) is 0 Å². The molecule has 9 aromatic carbocycles. The van der Waals surface area contributed by atoms with Crippen LogP contribution in [0, 0.1) is 0 Å². The second-order valence-corrected chi connectivity index (χ2v) is 10.4. The van der Waals surface area contributed by atoms with Crippen LogP contribution in [0.25, 0.3) is 87.6 Å². The van der Waals surface area contributed by atoms with Gasteiger partial charge in [-0.1, -0.05) is 163 Å². The van der Waals surface area contributed by atoms with E-state index < -0.39 is 199 Å². The summed E-state index contributed by atoms with van der Waals surface area (Å²) in [5.41, 5.74) is -3.34. The lowest BCUT2D eigenvalue weighted by molar-refractivity contribution is 1.62. The van der Waals surface area contributed by atoms with E-state index in [1.807, 2.05) is 0 Å². The average molecular weight is 605 g/mol. The summed E-state index contributed by atoms with van der Waals surface area (Å²) in [6.45, 7) is 0. The molecular formula is C46H30. The largest absolute Gasteiger partial charge is 0.0636 e. The van der Waals surface area contributed by atoms with Crippen LogP contribution in [0.1, 0.15) is 30.2 Å². The highest BCUT2D eigenvalue weighted by atomic mass is 14.2. The molecule has 0 aliphatic carbocycles. The van der Waals surface area contributed by atoms with Crippen LogP contribution in [-0.2, 0) is 0 Å². The molecule has 0 saturated carbocycles. The molecule has 0 bridgehead atoms. The molecule has 0 fully saturated rings. The number of rotatable bonds is 4. The van der Waals surface area contributed by atoms with Crippen molar-refractivity contribution in [3.8, 4) is 44.5 Å². The van der Waals surface area contributed by atoms with Crippen molar-refractivity contribution in [1.82, 2.24) is 0 Å². The molecule has 0 unspecified atom stereocenters. The molecule has 0 amide bonds. The Kier molecular flexibility index (Phi) is 2.94. The van der Waals surface area contributed by atoms with Crippen LogP contribution < -0.4 is 0 Å². The molecule has 0 N–H and O–H groups in total. The highest BCUT2D eigenvalue weighted by Crippen LogP contribution is 2.46. The second kappa shape index (κ2) is 10.9. The third-order valence-electron chi connectivity index (χ3n) is 7.76. The van der Waals surface area contributed by atoms with Crippen LogP contribution in [0.5, 0.6) is 0 Å². The Morgan fingerprint density at radius 1 is 0.304 bits per heavy atom. The monoisotopic (exact) mass is 604 g/mol. The Bertz CT molecular complexity index is 3790. The Balaban J connectivity index is 1.64. The Morgan fingerprint density at radius 3 is 1.83 bits per heavy atom. The summed E-state index contributed by atoms with van der Waals surface area (Å²) in [7, 11) is 0. The van der Waals surface area contributed by atoms with Gasteiger partial charge in [0.2, 0.25) is 0 Å². The van der Waals surface area contributed by atoms with Gasteiger partial charge in [-0.3, -0.25) is 0 Å². The summed E-state index contributed by atoms with van der Waals surface area (Å²) in [5.74, 6) is 0. The Morgan fingerprint density at radius 2 is 0.957 bits per heavy atom. The van der Waals surface area contributed by atoms with E-state index in [1.54, 1.807) is 42.5 Å². The zero-order valence-electron chi connectivity index (χ0n) is 45.6. The van der Waals surface area contributed by atoms with Crippen LogP contribution in [-0.4, -0.2) is 0 Å². The summed E-state index contributed by atoms with van der Waals surface area (Å²) in [4.78, 5) is 0. The molecule has 0 atom stereocenters. The normalized spacial score (nSPS) is 18.2. The van der Waals surface area contributed by atoms with Crippen LogP contribution in [0.2, 0.25) is 0 Å². The van der Waals surface area contributed by atoms with Crippen molar-refractivity contribution in [2.75, 3.05) is 0 Å². The molecule has 0 radical (unpaired) electrons. The molecule has 0 aliphatic rings. The van der Waals surface area contributed by atoms with E-state index in [-0.39, 0.29) is 11.1 Å². The molecule has 0 aromatic heterocycles. The average Bonchev–Trinajstić information content (AvgIpc) is 3.31. The topological polar surface area (TPSA) is 0 Å². The molecular weight excluding hydrogens is 553 g/mol. The lowest BCUT2D eigenvalue weighted by Crippen LogP contribution is -1.92. The van der Waals surface area contributed by atoms with Gasteiger partial charge in [0.1, 0.15) is 0 Å². The minimum atomic E-state index is -0.915. The maximum absolute atomic E-state index is 9.99. The minimum absolute atomic E-state index is 0.179. The third kappa shape index (κ3) is 4.38. The summed E-state index contributed by atoms with van der Waals surface area (Å²) >= 11 is 0. The molecule has 46 heavy (non-hydrogen) atoms. The maximum atomic E-state index is 9.99. The van der Waals surface area contributed by atoms with Crippen LogP contribution >= 0.6 is 0 Å². The van der Waals surface area contributed by atoms with Crippen molar-refractivity contribution in [1.29, 1.82) is 0 Å². The number of hydrogen-bond acceptors (Lipinski definition) is 0. The van der Waals surface area contributed by atoms with Crippen molar-refractivity contribution < 1.29 is 30.2 Å². The molecule has 0 nitrogen and oxygen atoms in total. The van der Waals surface area contributed by atoms with Gasteiger partial charge in [0.05, 0.1) is 30.2 Å². The summed E-state index contributed by atoms with van der Waals surface area (Å²) < 4.78 is 199. The van der Waals surface area contributed by atoms with Gasteiger partial charge in [0.25, 0.3) is 0 Å². The van der Waals surface area contributed by atoms with E-state index in [0.717, 1.165) is 6.07 Å². The standard InChI is InChI=1S/C46H30/c1-2-12-31(13-3-1)35-26-27-43-44(30-35)46(38-25-24-32-14-4-5-16-34(32)28-38)42-22-9-8-21-41(42)45(43)37-19-10-18-36(29-37)40-23-11-17-33-15-6-7-20-39(33)40/h1-30H/i1D,2D,3D,4D,5D,8D,9D,10D,12D,13D,14D,16D,18D,19D,21D,22D,24D,25D,27D,28D,29D,30D. The lowest BCUT2D eigenvalue weighted by atomic mass is 9.84. The lowest BCUT2D eigenvalue weighted by Gasteiger charge is -2.19. The first-order chi connectivity index (χ1) is 32.0. The fourth-order valence-corrected chi connectivity index (χ4v) is 5.74. The third-order valence-corrected chi connectivity index (χ3v) is 7.76. The van der Waals surface area contributed by atoms with Gasteiger partial charge in [-0.05, 0) is 106 Å². The van der Waals surface area contributed by atoms with Gasteiger partial charge < -0.3 is 0 Å². The zero-order chi connectivity index (χ0) is 49.6. The van der Waals surface area contributed by atoms with Crippen molar-refractivity contribution in [2.24, 2.45) is 0 Å². The van der Waals surface area contributed by atoms with Crippen molar-refractivity contribution in [3.63, 3.8) is 0 Å². The zero-order valence-corrected chi connectivity index (χ0v) is 23.6. The van der Waals surface area contributed by atoms with Gasteiger partial charge in [0.15, 0.2) is 0 Å². The van der Waals surface area contributed by atoms with Crippen LogP contribution in [0.4, 0.5) is 0 Å². The predicted molar refractivity (Wildman–Crippen MR) is 198 cm³/mol. The SMILES string of the molecule is [2H]c1c([2H])c([2H])c(-c2cc([2H])c3c(-c4c([2H])c([2H])c([2H])c(-c5cccc6ccccc56)c4[2H])c4c([2H])c([2H])c([2H])c([2H])c4c(-c4c([2H])c([2H])c5c([2H])c([2H])c([2H])c([2H])c5c4[2H])c3c2[2H])c([2H])c1[2H]. The Hall–Kier alpha value is -5.98. The highest BCUT2D eigenvalue weighted by Gasteiger charge is 2.18. The smallest absolute Gasteiger partial charge is 0.0622 e. The fourth-order valence-electron chi connectivity index (χ4n) is 5.74. The number of benzene rings is 9. The highest BCUT2D eigenvalue weighted by molar-refractivity contribution is 6.22. The van der Waals surface area contributed by atoms with E-state index >= 15 is 0 Å². The fraction of sp³-hybridized carbons (Fsp3) is 0. The molecule has 0 saturated heterocycles. The molecule has 0 heterocycles. The van der Waals surface area contributed by atoms with Crippen molar-refractivity contribution in [3.05, 3.63) is 181 Å². The molecule has 9 aromatic rings. The van der Waals surface area contributed by atoms with Gasteiger partial charge in [0, 0.05) is 0 Å². The Labute approximate surface area is 299 Å². The molecule has 0 heteroatoms. The van der Waals surface area contributed by atoms with E-state index in [9.17, 15) is 11.0 Å². The molecule has 9 rings (SSSR count). The minimum Gasteiger partial charge on any atom is -0.0622 e. The number of fused-ring (bicyclic) bond motifs is 4. The first kappa shape index (κ1) is 12.4. The second-order valence-electron chi connectivity index (χ2n) is 10.4. The quantitative estimate of drug-likeness (QED) is 0.175. The van der Waals surface area contributed by atoms with E-state index in [2.05, 4.69) is 0 Å². The van der Waals surface area contributed by atoms with Gasteiger partial charge >= 0.3 is 0 Å².